The molecule has 1 unspecified atom stereocenters. The van der Waals surface area contributed by atoms with Crippen molar-refractivity contribution < 1.29 is 8.42 Å². The lowest BCUT2D eigenvalue weighted by atomic mass is 10.0. The summed E-state index contributed by atoms with van der Waals surface area (Å²) in [6.45, 7) is 4.71. The number of benzene rings is 1. The zero-order valence-corrected chi connectivity index (χ0v) is 13.4. The summed E-state index contributed by atoms with van der Waals surface area (Å²) >= 11 is 5.01. The van der Waals surface area contributed by atoms with E-state index < -0.39 is 10.0 Å². The van der Waals surface area contributed by atoms with Crippen molar-refractivity contribution in [2.45, 2.75) is 31.6 Å². The van der Waals surface area contributed by atoms with E-state index in [1.807, 2.05) is 26.0 Å². The zero-order valence-electron chi connectivity index (χ0n) is 11.8. The molecule has 1 aliphatic heterocycles. The topological polar surface area (TPSA) is 63.4 Å². The van der Waals surface area contributed by atoms with Crippen LogP contribution < -0.4 is 5.73 Å². The molecule has 1 heterocycles. The molecule has 110 valence electrons. The lowest BCUT2D eigenvalue weighted by Gasteiger charge is -2.31. The van der Waals surface area contributed by atoms with Gasteiger partial charge >= 0.3 is 0 Å². The summed E-state index contributed by atoms with van der Waals surface area (Å²) in [5, 5.41) is 0. The van der Waals surface area contributed by atoms with Crippen LogP contribution in [0.4, 0.5) is 0 Å². The minimum Gasteiger partial charge on any atom is -0.393 e. The van der Waals surface area contributed by atoms with Crippen LogP contribution in [0.2, 0.25) is 0 Å². The van der Waals surface area contributed by atoms with Gasteiger partial charge in [-0.1, -0.05) is 29.9 Å². The molecule has 0 amide bonds. The van der Waals surface area contributed by atoms with Crippen molar-refractivity contribution >= 4 is 27.2 Å². The van der Waals surface area contributed by atoms with Gasteiger partial charge in [-0.05, 0) is 38.3 Å². The Labute approximate surface area is 126 Å². The van der Waals surface area contributed by atoms with Gasteiger partial charge in [-0.2, -0.15) is 4.31 Å². The summed E-state index contributed by atoms with van der Waals surface area (Å²) in [5.41, 5.74) is 7.51. The van der Waals surface area contributed by atoms with Crippen LogP contribution in [-0.4, -0.2) is 30.8 Å². The largest absolute Gasteiger partial charge is 0.393 e. The number of rotatable bonds is 3. The molecule has 20 heavy (non-hydrogen) atoms. The highest BCUT2D eigenvalue weighted by Gasteiger charge is 2.31. The van der Waals surface area contributed by atoms with Crippen molar-refractivity contribution in [2.75, 3.05) is 13.1 Å². The monoisotopic (exact) mass is 312 g/mol. The quantitative estimate of drug-likeness (QED) is 0.867. The van der Waals surface area contributed by atoms with Crippen molar-refractivity contribution in [1.82, 2.24) is 4.31 Å². The second-order valence-corrected chi connectivity index (χ2v) is 7.75. The number of sulfonamides is 1. The summed E-state index contributed by atoms with van der Waals surface area (Å²) < 4.78 is 27.0. The normalized spacial score (nSPS) is 20.8. The average molecular weight is 312 g/mol. The van der Waals surface area contributed by atoms with Crippen LogP contribution >= 0.6 is 12.2 Å². The summed E-state index contributed by atoms with van der Waals surface area (Å²) in [6, 6.07) is 5.40. The molecule has 1 saturated heterocycles. The molecule has 1 aromatic carbocycles. The standard InChI is InChI=1S/C14H20N2O2S2/c1-10-5-6-13(11(2)8-10)20(17,18)16-7-3-4-12(9-16)14(15)19/h5-6,8,12H,3-4,7,9H2,1-2H3,(H2,15,19). The molecule has 2 rings (SSSR count). The third-order valence-corrected chi connectivity index (χ3v) is 6.09. The summed E-state index contributed by atoms with van der Waals surface area (Å²) in [6.07, 6.45) is 1.67. The van der Waals surface area contributed by atoms with Gasteiger partial charge in [0.05, 0.1) is 9.88 Å². The van der Waals surface area contributed by atoms with Gasteiger partial charge in [-0.3, -0.25) is 0 Å². The SMILES string of the molecule is Cc1ccc(S(=O)(=O)N2CCCC(C(N)=S)C2)c(C)c1. The van der Waals surface area contributed by atoms with E-state index in [0.717, 1.165) is 24.0 Å². The van der Waals surface area contributed by atoms with Crippen LogP contribution in [0.5, 0.6) is 0 Å². The van der Waals surface area contributed by atoms with E-state index in [0.29, 0.717) is 23.0 Å². The summed E-state index contributed by atoms with van der Waals surface area (Å²) in [5.74, 6) is -0.0146. The third kappa shape index (κ3) is 3.02. The minimum absolute atomic E-state index is 0.0146. The van der Waals surface area contributed by atoms with Crippen molar-refractivity contribution in [3.05, 3.63) is 29.3 Å². The molecule has 0 aliphatic carbocycles. The first-order valence-corrected chi connectivity index (χ1v) is 8.54. The molecule has 0 bridgehead atoms. The first-order valence-electron chi connectivity index (χ1n) is 6.69. The average Bonchev–Trinajstić information content (AvgIpc) is 2.38. The molecule has 0 aromatic heterocycles. The third-order valence-electron chi connectivity index (χ3n) is 3.73. The number of hydrogen-bond donors (Lipinski definition) is 1. The fourth-order valence-corrected chi connectivity index (χ4v) is 4.54. The maximum atomic E-state index is 12.7. The van der Waals surface area contributed by atoms with Crippen molar-refractivity contribution in [2.24, 2.45) is 11.7 Å². The van der Waals surface area contributed by atoms with Gasteiger partial charge in [0.2, 0.25) is 10.0 Å². The highest BCUT2D eigenvalue weighted by atomic mass is 32.2. The van der Waals surface area contributed by atoms with Crippen LogP contribution in [-0.2, 0) is 10.0 Å². The predicted octanol–water partition coefficient (Wildman–Crippen LogP) is 1.99. The second-order valence-electron chi connectivity index (χ2n) is 5.37. The van der Waals surface area contributed by atoms with Crippen LogP contribution in [0.15, 0.2) is 23.1 Å². The minimum atomic E-state index is -3.46. The molecule has 1 atom stereocenters. The van der Waals surface area contributed by atoms with Crippen LogP contribution in [0, 0.1) is 19.8 Å². The molecule has 0 radical (unpaired) electrons. The Morgan fingerprint density at radius 3 is 2.70 bits per heavy atom. The Morgan fingerprint density at radius 2 is 2.10 bits per heavy atom. The van der Waals surface area contributed by atoms with Gasteiger partial charge in [-0.25, -0.2) is 8.42 Å². The van der Waals surface area contributed by atoms with Gasteiger partial charge in [0, 0.05) is 19.0 Å². The van der Waals surface area contributed by atoms with E-state index in [1.54, 1.807) is 6.07 Å². The lowest BCUT2D eigenvalue weighted by molar-refractivity contribution is 0.312. The zero-order chi connectivity index (χ0) is 14.9. The van der Waals surface area contributed by atoms with E-state index >= 15 is 0 Å². The van der Waals surface area contributed by atoms with E-state index in [-0.39, 0.29) is 5.92 Å². The van der Waals surface area contributed by atoms with E-state index in [2.05, 4.69) is 0 Å². The van der Waals surface area contributed by atoms with Gasteiger partial charge in [0.25, 0.3) is 0 Å². The molecule has 4 nitrogen and oxygen atoms in total. The Bertz CT molecular complexity index is 626. The summed E-state index contributed by atoms with van der Waals surface area (Å²) in [4.78, 5) is 0.789. The van der Waals surface area contributed by atoms with E-state index in [9.17, 15) is 8.42 Å². The smallest absolute Gasteiger partial charge is 0.243 e. The maximum Gasteiger partial charge on any atom is 0.243 e. The van der Waals surface area contributed by atoms with Gasteiger partial charge in [0.1, 0.15) is 0 Å². The van der Waals surface area contributed by atoms with Crippen molar-refractivity contribution in [1.29, 1.82) is 0 Å². The van der Waals surface area contributed by atoms with Crippen molar-refractivity contribution in [3.8, 4) is 0 Å². The molecule has 1 fully saturated rings. The first kappa shape index (κ1) is 15.4. The lowest BCUT2D eigenvalue weighted by Crippen LogP contribution is -2.43. The molecule has 6 heteroatoms. The second kappa shape index (κ2) is 5.79. The Hall–Kier alpha value is -0.980. The number of piperidine rings is 1. The van der Waals surface area contributed by atoms with E-state index in [1.165, 1.54) is 4.31 Å². The van der Waals surface area contributed by atoms with E-state index in [4.69, 9.17) is 18.0 Å². The van der Waals surface area contributed by atoms with Gasteiger partial charge in [0.15, 0.2) is 0 Å². The van der Waals surface area contributed by atoms with Crippen LogP contribution in [0.1, 0.15) is 24.0 Å². The first-order chi connectivity index (χ1) is 9.32. The summed E-state index contributed by atoms with van der Waals surface area (Å²) in [7, 11) is -3.46. The van der Waals surface area contributed by atoms with Crippen LogP contribution in [0.25, 0.3) is 0 Å². The fourth-order valence-electron chi connectivity index (χ4n) is 2.62. The number of nitrogens with zero attached hydrogens (tertiary/aromatic N) is 1. The van der Waals surface area contributed by atoms with Crippen molar-refractivity contribution in [3.63, 3.8) is 0 Å². The molecule has 2 N–H and O–H groups in total. The number of hydrogen-bond acceptors (Lipinski definition) is 3. The van der Waals surface area contributed by atoms with Crippen LogP contribution in [0.3, 0.4) is 0 Å². The molecular formula is C14H20N2O2S2. The molecule has 1 aliphatic rings. The Kier molecular flexibility index (Phi) is 4.46. The Balaban J connectivity index is 2.32. The molecule has 0 spiro atoms. The maximum absolute atomic E-state index is 12.7. The molecule has 1 aromatic rings. The molecule has 0 saturated carbocycles. The highest BCUT2D eigenvalue weighted by molar-refractivity contribution is 7.89. The Morgan fingerprint density at radius 1 is 1.40 bits per heavy atom. The predicted molar refractivity (Wildman–Crippen MR) is 84.2 cm³/mol. The molecular weight excluding hydrogens is 292 g/mol. The number of nitrogens with two attached hydrogens (primary N) is 1. The highest BCUT2D eigenvalue weighted by Crippen LogP contribution is 2.26. The fraction of sp³-hybridized carbons (Fsp3) is 0.500. The van der Waals surface area contributed by atoms with Gasteiger partial charge < -0.3 is 5.73 Å². The number of thiocarbonyl (C=S) groups is 1. The van der Waals surface area contributed by atoms with Gasteiger partial charge in [-0.15, -0.1) is 0 Å². The number of aryl methyl sites for hydroxylation is 2.